The molecule has 7 heteroatoms. The smallest absolute Gasteiger partial charge is 0.200 e. The normalized spacial score (nSPS) is 18.0. The minimum absolute atomic E-state index is 0.348. The summed E-state index contributed by atoms with van der Waals surface area (Å²) in [6, 6.07) is 0. The molecule has 1 heterocycles. The van der Waals surface area contributed by atoms with E-state index < -0.39 is 40.8 Å². The van der Waals surface area contributed by atoms with Crippen LogP contribution in [0.5, 0.6) is 0 Å². The summed E-state index contributed by atoms with van der Waals surface area (Å²) < 4.78 is 65.7. The van der Waals surface area contributed by atoms with Gasteiger partial charge in [-0.1, -0.05) is 0 Å². The molecule has 0 unspecified atom stereocenters. The molecule has 0 aliphatic carbocycles. The van der Waals surface area contributed by atoms with Crippen LogP contribution in [0.25, 0.3) is 0 Å². The lowest BCUT2D eigenvalue weighted by Gasteiger charge is -2.29. The zero-order valence-electron chi connectivity index (χ0n) is 9.90. The highest BCUT2D eigenvalue weighted by Crippen LogP contribution is 2.25. The van der Waals surface area contributed by atoms with E-state index >= 15 is 0 Å². The van der Waals surface area contributed by atoms with Gasteiger partial charge in [0.25, 0.3) is 0 Å². The molecule has 1 aliphatic rings. The fourth-order valence-electron chi connectivity index (χ4n) is 2.09. The van der Waals surface area contributed by atoms with Gasteiger partial charge in [0.2, 0.25) is 5.82 Å². The van der Waals surface area contributed by atoms with Crippen molar-refractivity contribution in [1.82, 2.24) is 4.90 Å². The molecule has 106 valence electrons. The first kappa shape index (κ1) is 14.2. The van der Waals surface area contributed by atoms with Crippen LogP contribution in [0.4, 0.5) is 22.0 Å². The van der Waals surface area contributed by atoms with Crippen molar-refractivity contribution in [2.45, 2.75) is 25.5 Å². The first-order valence-corrected chi connectivity index (χ1v) is 5.82. The topological polar surface area (TPSA) is 23.5 Å². The summed E-state index contributed by atoms with van der Waals surface area (Å²) in [5.74, 6) is -9.57. The first-order valence-electron chi connectivity index (χ1n) is 5.82. The Labute approximate surface area is 106 Å². The Balaban J connectivity index is 2.25. The Kier molecular flexibility index (Phi) is 4.05. The molecule has 0 saturated carbocycles. The van der Waals surface area contributed by atoms with Crippen molar-refractivity contribution in [3.05, 3.63) is 34.6 Å². The molecule has 1 aromatic carbocycles. The first-order chi connectivity index (χ1) is 8.91. The average molecular weight is 281 g/mol. The van der Waals surface area contributed by atoms with Gasteiger partial charge in [-0.3, -0.25) is 4.90 Å². The molecule has 1 aromatic rings. The molecule has 1 saturated heterocycles. The van der Waals surface area contributed by atoms with E-state index in [1.165, 1.54) is 0 Å². The highest BCUT2D eigenvalue weighted by Gasteiger charge is 2.27. The van der Waals surface area contributed by atoms with E-state index in [4.69, 9.17) is 0 Å². The van der Waals surface area contributed by atoms with Crippen LogP contribution in [0, 0.1) is 29.1 Å². The lowest BCUT2D eigenvalue weighted by Crippen LogP contribution is -2.36. The third-order valence-corrected chi connectivity index (χ3v) is 3.24. The largest absolute Gasteiger partial charge is 0.393 e. The van der Waals surface area contributed by atoms with Gasteiger partial charge in [0.05, 0.1) is 6.10 Å². The van der Waals surface area contributed by atoms with Crippen LogP contribution in [-0.2, 0) is 6.54 Å². The fourth-order valence-corrected chi connectivity index (χ4v) is 2.09. The maximum Gasteiger partial charge on any atom is 0.200 e. The highest BCUT2D eigenvalue weighted by molar-refractivity contribution is 5.24. The van der Waals surface area contributed by atoms with Crippen molar-refractivity contribution in [3.8, 4) is 0 Å². The van der Waals surface area contributed by atoms with Crippen molar-refractivity contribution in [1.29, 1.82) is 0 Å². The second-order valence-electron chi connectivity index (χ2n) is 4.56. The number of aliphatic hydroxyl groups is 1. The maximum absolute atomic E-state index is 13.4. The summed E-state index contributed by atoms with van der Waals surface area (Å²) >= 11 is 0. The number of halogens is 5. The van der Waals surface area contributed by atoms with E-state index in [-0.39, 0.29) is 6.54 Å². The number of hydrogen-bond acceptors (Lipinski definition) is 2. The number of nitrogens with zero attached hydrogens (tertiary/aromatic N) is 1. The van der Waals surface area contributed by atoms with E-state index in [0.717, 1.165) is 0 Å². The number of hydrogen-bond donors (Lipinski definition) is 1. The van der Waals surface area contributed by atoms with E-state index in [1.807, 2.05) is 0 Å². The second-order valence-corrected chi connectivity index (χ2v) is 4.56. The fraction of sp³-hybridized carbons (Fsp3) is 0.500. The Morgan fingerprint density at radius 2 is 1.26 bits per heavy atom. The van der Waals surface area contributed by atoms with Gasteiger partial charge in [0.1, 0.15) is 0 Å². The molecule has 0 radical (unpaired) electrons. The second kappa shape index (κ2) is 5.42. The summed E-state index contributed by atoms with van der Waals surface area (Å²) in [4.78, 5) is 1.55. The van der Waals surface area contributed by atoms with Crippen molar-refractivity contribution in [3.63, 3.8) is 0 Å². The Bertz CT molecular complexity index is 456. The molecule has 0 bridgehead atoms. The molecule has 2 nitrogen and oxygen atoms in total. The number of likely N-dealkylation sites (tertiary alicyclic amines) is 1. The van der Waals surface area contributed by atoms with Crippen molar-refractivity contribution in [2.75, 3.05) is 13.1 Å². The summed E-state index contributed by atoms with van der Waals surface area (Å²) in [6.45, 7) is 0.333. The van der Waals surface area contributed by atoms with Gasteiger partial charge < -0.3 is 5.11 Å². The van der Waals surface area contributed by atoms with E-state index in [9.17, 15) is 27.1 Å². The van der Waals surface area contributed by atoms with Gasteiger partial charge in [0.15, 0.2) is 23.3 Å². The molecule has 19 heavy (non-hydrogen) atoms. The van der Waals surface area contributed by atoms with Crippen LogP contribution < -0.4 is 0 Å². The highest BCUT2D eigenvalue weighted by atomic mass is 19.2. The Hall–Kier alpha value is -1.21. The van der Waals surface area contributed by atoms with Crippen molar-refractivity contribution in [2.24, 2.45) is 0 Å². The molecular formula is C12H12F5NO. The van der Waals surface area contributed by atoms with Gasteiger partial charge in [-0.2, -0.15) is 0 Å². The third-order valence-electron chi connectivity index (χ3n) is 3.24. The Morgan fingerprint density at radius 3 is 1.74 bits per heavy atom. The van der Waals surface area contributed by atoms with Crippen LogP contribution in [0.1, 0.15) is 18.4 Å². The molecule has 1 aliphatic heterocycles. The molecule has 1 N–H and O–H groups in total. The number of rotatable bonds is 2. The van der Waals surface area contributed by atoms with Gasteiger partial charge in [0, 0.05) is 25.2 Å². The number of aliphatic hydroxyl groups excluding tert-OH is 1. The van der Waals surface area contributed by atoms with Crippen molar-refractivity contribution < 1.29 is 27.1 Å². The standard InChI is InChI=1S/C12H12F5NO/c13-8-7(5-18-3-1-6(19)2-4-18)9(14)11(16)12(17)10(8)15/h6,19H,1-5H2. The predicted octanol–water partition coefficient (Wildman–Crippen LogP) is 2.34. The molecule has 0 spiro atoms. The monoisotopic (exact) mass is 281 g/mol. The predicted molar refractivity (Wildman–Crippen MR) is 56.7 cm³/mol. The minimum atomic E-state index is -2.15. The summed E-state index contributed by atoms with van der Waals surface area (Å²) in [5.41, 5.74) is -0.826. The summed E-state index contributed by atoms with van der Waals surface area (Å²) in [5, 5.41) is 9.28. The van der Waals surface area contributed by atoms with Gasteiger partial charge in [-0.25, -0.2) is 22.0 Å². The zero-order valence-corrected chi connectivity index (χ0v) is 9.90. The van der Waals surface area contributed by atoms with E-state index in [1.54, 1.807) is 4.90 Å². The number of benzene rings is 1. The van der Waals surface area contributed by atoms with Gasteiger partial charge in [-0.15, -0.1) is 0 Å². The average Bonchev–Trinajstić information content (AvgIpc) is 2.41. The quantitative estimate of drug-likeness (QED) is 0.511. The minimum Gasteiger partial charge on any atom is -0.393 e. The van der Waals surface area contributed by atoms with Crippen LogP contribution in [0.15, 0.2) is 0 Å². The van der Waals surface area contributed by atoms with E-state index in [0.29, 0.717) is 25.9 Å². The lowest BCUT2D eigenvalue weighted by atomic mass is 10.1. The SMILES string of the molecule is OC1CCN(Cc2c(F)c(F)c(F)c(F)c2F)CC1. The zero-order chi connectivity index (χ0) is 14.2. The summed E-state index contributed by atoms with van der Waals surface area (Å²) in [6.07, 6.45) is 0.345. The third kappa shape index (κ3) is 2.71. The summed E-state index contributed by atoms with van der Waals surface area (Å²) in [7, 11) is 0. The molecule has 0 atom stereocenters. The van der Waals surface area contributed by atoms with Gasteiger partial charge in [-0.05, 0) is 12.8 Å². The van der Waals surface area contributed by atoms with Gasteiger partial charge >= 0.3 is 0 Å². The Morgan fingerprint density at radius 1 is 0.842 bits per heavy atom. The molecule has 0 aromatic heterocycles. The van der Waals surface area contributed by atoms with Crippen LogP contribution >= 0.6 is 0 Å². The van der Waals surface area contributed by atoms with Crippen LogP contribution in [-0.4, -0.2) is 29.2 Å². The molecular weight excluding hydrogens is 269 g/mol. The van der Waals surface area contributed by atoms with Crippen LogP contribution in [0.2, 0.25) is 0 Å². The van der Waals surface area contributed by atoms with E-state index in [2.05, 4.69) is 0 Å². The molecule has 2 rings (SSSR count). The molecule has 0 amide bonds. The maximum atomic E-state index is 13.4. The van der Waals surface area contributed by atoms with Crippen molar-refractivity contribution >= 4 is 0 Å². The van der Waals surface area contributed by atoms with Crippen LogP contribution in [0.3, 0.4) is 0 Å². The number of piperidine rings is 1. The lowest BCUT2D eigenvalue weighted by molar-refractivity contribution is 0.0778. The molecule has 1 fully saturated rings.